The van der Waals surface area contributed by atoms with E-state index in [0.717, 1.165) is 49.2 Å². The molecule has 2 N–H and O–H groups in total. The second-order valence-electron chi connectivity index (χ2n) is 8.79. The first-order valence-electron chi connectivity index (χ1n) is 10.8. The lowest BCUT2D eigenvalue weighted by molar-refractivity contribution is -0.125. The van der Waals surface area contributed by atoms with E-state index in [1.807, 2.05) is 0 Å². The lowest BCUT2D eigenvalue weighted by atomic mass is 9.84. The van der Waals surface area contributed by atoms with Crippen LogP contribution in [-0.2, 0) is 6.42 Å². The third-order valence-electron chi connectivity index (χ3n) is 6.45. The maximum Gasteiger partial charge on any atom is 0.401 e. The number of hydrogen-bond acceptors (Lipinski definition) is 6. The summed E-state index contributed by atoms with van der Waals surface area (Å²) in [6, 6.07) is 2.48. The fourth-order valence-electron chi connectivity index (χ4n) is 5.01. The smallest absolute Gasteiger partial charge is 0.367 e. The average molecular weight is 436 g/mol. The van der Waals surface area contributed by atoms with Gasteiger partial charge in [-0.05, 0) is 51.5 Å². The van der Waals surface area contributed by atoms with Gasteiger partial charge in [-0.1, -0.05) is 0 Å². The monoisotopic (exact) mass is 436 g/mol. The van der Waals surface area contributed by atoms with E-state index >= 15 is 0 Å². The Bertz CT molecular complexity index is 875. The summed E-state index contributed by atoms with van der Waals surface area (Å²) < 4.78 is 37.2. The van der Waals surface area contributed by atoms with Gasteiger partial charge in [-0.25, -0.2) is 4.98 Å². The molecule has 1 aromatic heterocycles. The molecular formula is C21H27F3N6O. The maximum atomic E-state index is 13.0. The van der Waals surface area contributed by atoms with Crippen LogP contribution in [0.3, 0.4) is 0 Å². The van der Waals surface area contributed by atoms with Crippen molar-refractivity contribution in [2.24, 2.45) is 5.92 Å². The predicted molar refractivity (Wildman–Crippen MR) is 110 cm³/mol. The van der Waals surface area contributed by atoms with Crippen molar-refractivity contribution >= 4 is 17.4 Å². The summed E-state index contributed by atoms with van der Waals surface area (Å²) >= 11 is 0. The van der Waals surface area contributed by atoms with E-state index in [-0.39, 0.29) is 30.5 Å². The zero-order chi connectivity index (χ0) is 22.2. The lowest BCUT2D eigenvalue weighted by Gasteiger charge is -2.44. The molecular weight excluding hydrogens is 409 g/mol. The summed E-state index contributed by atoms with van der Waals surface area (Å²) in [6.45, 7) is 1.85. The molecule has 1 amide bonds. The average Bonchev–Trinajstić information content (AvgIpc) is 3.10. The Morgan fingerprint density at radius 1 is 1.32 bits per heavy atom. The van der Waals surface area contributed by atoms with E-state index in [1.54, 1.807) is 11.1 Å². The van der Waals surface area contributed by atoms with E-state index in [2.05, 4.69) is 33.5 Å². The second kappa shape index (κ2) is 8.54. The second-order valence-corrected chi connectivity index (χ2v) is 8.79. The molecule has 3 heterocycles. The van der Waals surface area contributed by atoms with Gasteiger partial charge in [0.05, 0.1) is 30.5 Å². The molecule has 1 aromatic rings. The van der Waals surface area contributed by atoms with Crippen LogP contribution in [0.15, 0.2) is 6.20 Å². The Kier molecular flexibility index (Phi) is 5.97. The molecule has 1 fully saturated rings. The molecule has 1 atom stereocenters. The van der Waals surface area contributed by atoms with Crippen LogP contribution >= 0.6 is 0 Å². The number of alkyl halides is 3. The summed E-state index contributed by atoms with van der Waals surface area (Å²) in [5.74, 6) is 0.847. The van der Waals surface area contributed by atoms with E-state index < -0.39 is 12.7 Å². The predicted octanol–water partition coefficient (Wildman–Crippen LogP) is 2.89. The number of anilines is 2. The van der Waals surface area contributed by atoms with Gasteiger partial charge < -0.3 is 20.4 Å². The molecule has 2 aliphatic heterocycles. The molecule has 10 heteroatoms. The standard InChI is InChI=1S/C21H27F3N6O/c1-13-8-16-18-17(10-27-19(16)28-13)20(31)29(7-6-25)12-30(18)15-4-2-14(3-5-15)9-26-11-21(22,23)24/h10,13-15,26H,2-5,7-9,11-12H2,1H3,(H,27,28)/t13?,14-,15-. The highest BCUT2D eigenvalue weighted by molar-refractivity contribution is 6.03. The van der Waals surface area contributed by atoms with E-state index in [9.17, 15) is 18.0 Å². The molecule has 0 saturated heterocycles. The highest BCUT2D eigenvalue weighted by Crippen LogP contribution is 2.41. The summed E-state index contributed by atoms with van der Waals surface area (Å²) in [5.41, 5.74) is 2.49. The summed E-state index contributed by atoms with van der Waals surface area (Å²) in [6.07, 6.45) is 1.53. The van der Waals surface area contributed by atoms with Crippen molar-refractivity contribution < 1.29 is 18.0 Å². The van der Waals surface area contributed by atoms with Crippen molar-refractivity contribution in [1.82, 2.24) is 15.2 Å². The lowest BCUT2D eigenvalue weighted by Crippen LogP contribution is -2.52. The molecule has 31 heavy (non-hydrogen) atoms. The third kappa shape index (κ3) is 4.56. The molecule has 4 rings (SSSR count). The van der Waals surface area contributed by atoms with Crippen LogP contribution in [0.25, 0.3) is 0 Å². The van der Waals surface area contributed by atoms with Crippen LogP contribution in [0.5, 0.6) is 0 Å². The first kappa shape index (κ1) is 21.7. The van der Waals surface area contributed by atoms with Gasteiger partial charge in [0.25, 0.3) is 5.91 Å². The summed E-state index contributed by atoms with van der Waals surface area (Å²) in [5, 5.41) is 15.0. The first-order valence-corrected chi connectivity index (χ1v) is 10.8. The summed E-state index contributed by atoms with van der Waals surface area (Å²) in [7, 11) is 0. The molecule has 0 aromatic carbocycles. The van der Waals surface area contributed by atoms with Crippen LogP contribution in [0.4, 0.5) is 24.7 Å². The van der Waals surface area contributed by atoms with Gasteiger partial charge in [0, 0.05) is 23.8 Å². The van der Waals surface area contributed by atoms with Crippen LogP contribution in [0.1, 0.15) is 48.5 Å². The Hall–Kier alpha value is -2.54. The van der Waals surface area contributed by atoms with E-state index in [1.165, 1.54) is 0 Å². The first-order chi connectivity index (χ1) is 14.8. The number of hydrogen-bond donors (Lipinski definition) is 2. The summed E-state index contributed by atoms with van der Waals surface area (Å²) in [4.78, 5) is 21.2. The number of halogens is 3. The molecule has 168 valence electrons. The third-order valence-corrected chi connectivity index (χ3v) is 6.45. The Balaban J connectivity index is 1.51. The largest absolute Gasteiger partial charge is 0.401 e. The van der Waals surface area contributed by atoms with Gasteiger partial charge in [0.2, 0.25) is 0 Å². The minimum absolute atomic E-state index is 0.0111. The van der Waals surface area contributed by atoms with Crippen LogP contribution in [0, 0.1) is 17.2 Å². The maximum absolute atomic E-state index is 13.0. The molecule has 0 radical (unpaired) electrons. The number of pyridine rings is 1. The highest BCUT2D eigenvalue weighted by Gasteiger charge is 2.39. The van der Waals surface area contributed by atoms with E-state index in [0.29, 0.717) is 18.8 Å². The van der Waals surface area contributed by atoms with Crippen molar-refractivity contribution in [2.45, 2.75) is 57.3 Å². The quantitative estimate of drug-likeness (QED) is 0.691. The van der Waals surface area contributed by atoms with Gasteiger partial charge in [0.15, 0.2) is 0 Å². The van der Waals surface area contributed by atoms with Crippen molar-refractivity contribution in [3.05, 3.63) is 17.3 Å². The fourth-order valence-corrected chi connectivity index (χ4v) is 5.01. The minimum Gasteiger partial charge on any atom is -0.367 e. The van der Waals surface area contributed by atoms with Gasteiger partial charge >= 0.3 is 6.18 Å². The van der Waals surface area contributed by atoms with Crippen molar-refractivity contribution in [3.8, 4) is 6.07 Å². The number of carbonyl (C=O) groups excluding carboxylic acids is 1. The topological polar surface area (TPSA) is 84.3 Å². The molecule has 1 saturated carbocycles. The number of fused-ring (bicyclic) bond motifs is 3. The fraction of sp³-hybridized carbons (Fsp3) is 0.667. The highest BCUT2D eigenvalue weighted by atomic mass is 19.4. The molecule has 1 aliphatic carbocycles. The van der Waals surface area contributed by atoms with Crippen molar-refractivity contribution in [1.29, 1.82) is 5.26 Å². The molecule has 0 bridgehead atoms. The zero-order valence-electron chi connectivity index (χ0n) is 17.5. The molecule has 3 aliphatic rings. The number of nitrogens with one attached hydrogen (secondary N) is 2. The van der Waals surface area contributed by atoms with E-state index in [4.69, 9.17) is 5.26 Å². The van der Waals surface area contributed by atoms with Crippen LogP contribution in [-0.4, -0.2) is 60.4 Å². The zero-order valence-corrected chi connectivity index (χ0v) is 17.5. The number of nitriles is 1. The molecule has 1 unspecified atom stereocenters. The number of aromatic nitrogens is 1. The van der Waals surface area contributed by atoms with Gasteiger partial charge in [-0.2, -0.15) is 18.4 Å². The van der Waals surface area contributed by atoms with Crippen LogP contribution in [0.2, 0.25) is 0 Å². The van der Waals surface area contributed by atoms with Crippen molar-refractivity contribution in [2.75, 3.05) is 36.5 Å². The van der Waals surface area contributed by atoms with Crippen molar-refractivity contribution in [3.63, 3.8) is 0 Å². The number of rotatable bonds is 5. The molecule has 0 spiro atoms. The number of amides is 1. The Morgan fingerprint density at radius 3 is 2.74 bits per heavy atom. The van der Waals surface area contributed by atoms with Gasteiger partial charge in [0.1, 0.15) is 12.4 Å². The molecule has 7 nitrogen and oxygen atoms in total. The van der Waals surface area contributed by atoms with Gasteiger partial charge in [-0.15, -0.1) is 0 Å². The SMILES string of the molecule is CC1Cc2c(ncc3c2N([C@H]2CC[C@H](CNCC(F)(F)F)CC2)CN(CC#N)C3=O)N1. The van der Waals surface area contributed by atoms with Crippen LogP contribution < -0.4 is 15.5 Å². The minimum atomic E-state index is -4.19. The number of carbonyl (C=O) groups is 1. The Labute approximate surface area is 179 Å². The number of nitrogens with zero attached hydrogens (tertiary/aromatic N) is 4. The van der Waals surface area contributed by atoms with Gasteiger partial charge in [-0.3, -0.25) is 4.79 Å². The normalized spacial score (nSPS) is 25.6. The Morgan fingerprint density at radius 2 is 2.06 bits per heavy atom.